The summed E-state index contributed by atoms with van der Waals surface area (Å²) in [5, 5.41) is 12.8. The van der Waals surface area contributed by atoms with Crippen LogP contribution in [0.3, 0.4) is 0 Å². The smallest absolute Gasteiger partial charge is 0.337 e. The zero-order valence-corrected chi connectivity index (χ0v) is 12.3. The second-order valence-corrected chi connectivity index (χ2v) is 5.69. The first kappa shape index (κ1) is 15.8. The molecule has 0 heterocycles. The van der Waals surface area contributed by atoms with Gasteiger partial charge in [-0.25, -0.2) is 4.79 Å². The minimum atomic E-state index is -0.964. The first-order valence-corrected chi connectivity index (χ1v) is 6.49. The second kappa shape index (κ2) is 6.78. The number of hydrogen-bond donors (Lipinski definition) is 2. The molecule has 0 amide bonds. The van der Waals surface area contributed by atoms with Crippen LogP contribution in [-0.4, -0.2) is 31.3 Å². The van der Waals surface area contributed by atoms with E-state index in [4.69, 9.17) is 21.4 Å². The molecular weight excluding hydrogens is 266 g/mol. The lowest BCUT2D eigenvalue weighted by molar-refractivity contribution is 0.0697. The number of halogens is 1. The summed E-state index contributed by atoms with van der Waals surface area (Å²) in [5.41, 5.74) is 0.783. The summed E-state index contributed by atoms with van der Waals surface area (Å²) in [5.74, 6) is -0.964. The number of hydrogen-bond acceptors (Lipinski definition) is 3. The second-order valence-electron chi connectivity index (χ2n) is 5.26. The zero-order chi connectivity index (χ0) is 14.5. The van der Waals surface area contributed by atoms with Crippen LogP contribution in [0.25, 0.3) is 0 Å². The standard InChI is InChI=1S/C14H20ClNO3/c1-14(2,6-7-19-3)9-16-12-8-10(15)4-5-11(12)13(17)18/h4-5,8,16H,6-7,9H2,1-3H3,(H,17,18). The van der Waals surface area contributed by atoms with Gasteiger partial charge in [0.1, 0.15) is 0 Å². The summed E-state index contributed by atoms with van der Waals surface area (Å²) in [6, 6.07) is 4.72. The highest BCUT2D eigenvalue weighted by molar-refractivity contribution is 6.31. The van der Waals surface area contributed by atoms with Gasteiger partial charge in [0.05, 0.1) is 11.3 Å². The van der Waals surface area contributed by atoms with E-state index in [9.17, 15) is 4.79 Å². The van der Waals surface area contributed by atoms with E-state index < -0.39 is 5.97 Å². The van der Waals surface area contributed by atoms with Gasteiger partial charge in [-0.05, 0) is 30.0 Å². The van der Waals surface area contributed by atoms with Crippen molar-refractivity contribution in [2.24, 2.45) is 5.41 Å². The van der Waals surface area contributed by atoms with Gasteiger partial charge in [-0.1, -0.05) is 25.4 Å². The molecule has 1 rings (SSSR count). The fourth-order valence-electron chi connectivity index (χ4n) is 1.65. The monoisotopic (exact) mass is 285 g/mol. The molecule has 0 fully saturated rings. The molecule has 0 saturated heterocycles. The van der Waals surface area contributed by atoms with Crippen LogP contribution in [0, 0.1) is 5.41 Å². The van der Waals surface area contributed by atoms with Crippen molar-refractivity contribution in [2.75, 3.05) is 25.6 Å². The third-order valence-electron chi connectivity index (χ3n) is 2.95. The van der Waals surface area contributed by atoms with Crippen molar-refractivity contribution in [1.29, 1.82) is 0 Å². The van der Waals surface area contributed by atoms with Crippen molar-refractivity contribution < 1.29 is 14.6 Å². The third-order valence-corrected chi connectivity index (χ3v) is 3.19. The molecule has 0 bridgehead atoms. The van der Waals surface area contributed by atoms with E-state index in [0.29, 0.717) is 23.9 Å². The molecule has 1 aromatic carbocycles. The highest BCUT2D eigenvalue weighted by Crippen LogP contribution is 2.25. The molecule has 4 nitrogen and oxygen atoms in total. The average molecular weight is 286 g/mol. The van der Waals surface area contributed by atoms with Gasteiger partial charge >= 0.3 is 5.97 Å². The molecule has 0 aromatic heterocycles. The lowest BCUT2D eigenvalue weighted by Gasteiger charge is -2.25. The maximum atomic E-state index is 11.1. The molecule has 19 heavy (non-hydrogen) atoms. The summed E-state index contributed by atoms with van der Waals surface area (Å²) in [6.07, 6.45) is 0.888. The van der Waals surface area contributed by atoms with Crippen LogP contribution in [0.5, 0.6) is 0 Å². The van der Waals surface area contributed by atoms with E-state index in [-0.39, 0.29) is 11.0 Å². The predicted octanol–water partition coefficient (Wildman–Crippen LogP) is 3.51. The van der Waals surface area contributed by atoms with Gasteiger partial charge in [-0.2, -0.15) is 0 Å². The largest absolute Gasteiger partial charge is 0.478 e. The molecule has 0 unspecified atom stereocenters. The number of ether oxygens (including phenoxy) is 1. The van der Waals surface area contributed by atoms with Crippen molar-refractivity contribution in [3.05, 3.63) is 28.8 Å². The molecule has 0 atom stereocenters. The van der Waals surface area contributed by atoms with Crippen LogP contribution in [0.2, 0.25) is 5.02 Å². The normalized spacial score (nSPS) is 11.4. The van der Waals surface area contributed by atoms with E-state index in [1.54, 1.807) is 19.2 Å². The minimum Gasteiger partial charge on any atom is -0.478 e. The molecule has 106 valence electrons. The molecule has 0 aliphatic heterocycles. The Morgan fingerprint density at radius 2 is 2.16 bits per heavy atom. The Bertz CT molecular complexity index is 446. The average Bonchev–Trinajstić information content (AvgIpc) is 2.34. The quantitative estimate of drug-likeness (QED) is 0.805. The first-order chi connectivity index (χ1) is 8.85. The van der Waals surface area contributed by atoms with Gasteiger partial charge in [0.25, 0.3) is 0 Å². The Labute approximate surface area is 118 Å². The Balaban J connectivity index is 2.76. The Hall–Kier alpha value is -1.26. The van der Waals surface area contributed by atoms with E-state index in [0.717, 1.165) is 6.42 Å². The predicted molar refractivity (Wildman–Crippen MR) is 77.2 cm³/mol. The topological polar surface area (TPSA) is 58.6 Å². The highest BCUT2D eigenvalue weighted by Gasteiger charge is 2.19. The van der Waals surface area contributed by atoms with Gasteiger partial charge < -0.3 is 15.2 Å². The molecule has 0 saturated carbocycles. The third kappa shape index (κ3) is 5.09. The first-order valence-electron chi connectivity index (χ1n) is 6.11. The summed E-state index contributed by atoms with van der Waals surface area (Å²) in [7, 11) is 1.67. The summed E-state index contributed by atoms with van der Waals surface area (Å²) in [4.78, 5) is 11.1. The van der Waals surface area contributed by atoms with Crippen LogP contribution in [-0.2, 0) is 4.74 Å². The van der Waals surface area contributed by atoms with Crippen LogP contribution < -0.4 is 5.32 Å². The molecule has 2 N–H and O–H groups in total. The summed E-state index contributed by atoms with van der Waals surface area (Å²) in [6.45, 7) is 5.53. The van der Waals surface area contributed by atoms with E-state index >= 15 is 0 Å². The van der Waals surface area contributed by atoms with E-state index in [1.165, 1.54) is 6.07 Å². The Kier molecular flexibility index (Phi) is 5.63. The zero-order valence-electron chi connectivity index (χ0n) is 11.5. The number of benzene rings is 1. The summed E-state index contributed by atoms with van der Waals surface area (Å²) < 4.78 is 5.07. The van der Waals surface area contributed by atoms with Crippen molar-refractivity contribution in [3.8, 4) is 0 Å². The lowest BCUT2D eigenvalue weighted by atomic mass is 9.89. The molecule has 0 spiro atoms. The van der Waals surface area contributed by atoms with Crippen molar-refractivity contribution in [3.63, 3.8) is 0 Å². The lowest BCUT2D eigenvalue weighted by Crippen LogP contribution is -2.25. The number of nitrogens with one attached hydrogen (secondary N) is 1. The van der Waals surface area contributed by atoms with Crippen LogP contribution in [0.1, 0.15) is 30.6 Å². The van der Waals surface area contributed by atoms with Crippen molar-refractivity contribution in [2.45, 2.75) is 20.3 Å². The van der Waals surface area contributed by atoms with Crippen LogP contribution in [0.4, 0.5) is 5.69 Å². The van der Waals surface area contributed by atoms with E-state index in [2.05, 4.69) is 19.2 Å². The highest BCUT2D eigenvalue weighted by atomic mass is 35.5. The maximum absolute atomic E-state index is 11.1. The number of rotatable bonds is 7. The van der Waals surface area contributed by atoms with Crippen LogP contribution in [0.15, 0.2) is 18.2 Å². The number of methoxy groups -OCH3 is 1. The van der Waals surface area contributed by atoms with Gasteiger partial charge in [0, 0.05) is 25.3 Å². The number of carboxylic acids is 1. The Morgan fingerprint density at radius 1 is 1.47 bits per heavy atom. The van der Waals surface area contributed by atoms with Crippen molar-refractivity contribution >= 4 is 23.3 Å². The number of aromatic carboxylic acids is 1. The molecule has 0 radical (unpaired) electrons. The fourth-order valence-corrected chi connectivity index (χ4v) is 1.82. The van der Waals surface area contributed by atoms with Crippen LogP contribution >= 0.6 is 11.6 Å². The maximum Gasteiger partial charge on any atom is 0.337 e. The van der Waals surface area contributed by atoms with Gasteiger partial charge in [-0.3, -0.25) is 0 Å². The van der Waals surface area contributed by atoms with E-state index in [1.807, 2.05) is 0 Å². The number of anilines is 1. The number of carbonyl (C=O) groups is 1. The Morgan fingerprint density at radius 3 is 2.74 bits per heavy atom. The number of carboxylic acid groups (broad SMARTS) is 1. The fraction of sp³-hybridized carbons (Fsp3) is 0.500. The molecule has 0 aliphatic rings. The van der Waals surface area contributed by atoms with Gasteiger partial charge in [-0.15, -0.1) is 0 Å². The SMILES string of the molecule is COCCC(C)(C)CNc1cc(Cl)ccc1C(=O)O. The minimum absolute atomic E-state index is 0.00804. The molecular formula is C14H20ClNO3. The van der Waals surface area contributed by atoms with Gasteiger partial charge in [0.15, 0.2) is 0 Å². The molecule has 5 heteroatoms. The molecule has 0 aliphatic carbocycles. The molecule has 1 aromatic rings. The summed E-state index contributed by atoms with van der Waals surface area (Å²) >= 11 is 5.90. The van der Waals surface area contributed by atoms with Crippen molar-refractivity contribution in [1.82, 2.24) is 0 Å². The van der Waals surface area contributed by atoms with Gasteiger partial charge in [0.2, 0.25) is 0 Å².